The van der Waals surface area contributed by atoms with Gasteiger partial charge in [-0.05, 0) is 36.1 Å². The number of hydrogen-bond acceptors (Lipinski definition) is 4. The Bertz CT molecular complexity index is 1020. The van der Waals surface area contributed by atoms with E-state index in [1.807, 2.05) is 36.4 Å². The van der Waals surface area contributed by atoms with Crippen molar-refractivity contribution >= 4 is 18.0 Å². The van der Waals surface area contributed by atoms with E-state index in [1.165, 1.54) is 0 Å². The van der Waals surface area contributed by atoms with Gasteiger partial charge in [0.25, 0.3) is 0 Å². The van der Waals surface area contributed by atoms with Crippen molar-refractivity contribution in [1.29, 1.82) is 0 Å². The zero-order valence-electron chi connectivity index (χ0n) is 18.1. The first-order valence-electron chi connectivity index (χ1n) is 10.3. The Morgan fingerprint density at radius 3 is 2.19 bits per heavy atom. The van der Waals surface area contributed by atoms with Crippen molar-refractivity contribution in [2.24, 2.45) is 5.41 Å². The van der Waals surface area contributed by atoms with Crippen LogP contribution in [0.15, 0.2) is 48.5 Å². The number of carboxylic acid groups (broad SMARTS) is 1. The number of carboxylic acids is 1. The number of alkyl carbamates (subject to hydrolysis) is 1. The number of nitrogens with zero attached hydrogens (tertiary/aromatic N) is 1. The molecule has 0 unspecified atom stereocenters. The Kier molecular flexibility index (Phi) is 6.84. The molecule has 2 aromatic rings. The molecule has 0 saturated heterocycles. The summed E-state index contributed by atoms with van der Waals surface area (Å²) < 4.78 is 5.49. The normalized spacial score (nSPS) is 12.3. The summed E-state index contributed by atoms with van der Waals surface area (Å²) in [4.78, 5) is 37.2. The molecular weight excluding hydrogens is 408 g/mol. The second-order valence-corrected chi connectivity index (χ2v) is 8.32. The maximum Gasteiger partial charge on any atom is 0.407 e. The molecule has 2 amide bonds. The number of ether oxygens (including phenoxy) is 1. The van der Waals surface area contributed by atoms with Gasteiger partial charge in [0.15, 0.2) is 0 Å². The molecule has 3 rings (SSSR count). The number of hydrogen-bond donors (Lipinski definition) is 2. The van der Waals surface area contributed by atoms with Crippen LogP contribution in [0.2, 0.25) is 0 Å². The third-order valence-corrected chi connectivity index (χ3v) is 5.49. The van der Waals surface area contributed by atoms with E-state index in [4.69, 9.17) is 16.3 Å². The van der Waals surface area contributed by atoms with Gasteiger partial charge in [0.2, 0.25) is 5.91 Å². The molecule has 7 heteroatoms. The molecule has 2 N–H and O–H groups in total. The van der Waals surface area contributed by atoms with Gasteiger partial charge in [0.1, 0.15) is 13.2 Å². The van der Waals surface area contributed by atoms with E-state index >= 15 is 0 Å². The summed E-state index contributed by atoms with van der Waals surface area (Å²) in [5.41, 5.74) is 3.43. The minimum atomic E-state index is -1.16. The number of aliphatic carboxylic acids is 1. The zero-order chi connectivity index (χ0) is 23.3. The van der Waals surface area contributed by atoms with Gasteiger partial charge in [-0.1, -0.05) is 54.5 Å². The van der Waals surface area contributed by atoms with E-state index in [2.05, 4.69) is 23.4 Å². The van der Waals surface area contributed by atoms with E-state index in [0.29, 0.717) is 0 Å². The fourth-order valence-corrected chi connectivity index (χ4v) is 3.92. The third kappa shape index (κ3) is 4.92. The molecule has 2 aromatic carbocycles. The summed E-state index contributed by atoms with van der Waals surface area (Å²) in [6.45, 7) is 2.74. The molecule has 166 valence electrons. The molecule has 0 aromatic heterocycles. The lowest BCUT2D eigenvalue weighted by atomic mass is 9.91. The first-order valence-corrected chi connectivity index (χ1v) is 10.3. The van der Waals surface area contributed by atoms with E-state index in [-0.39, 0.29) is 25.6 Å². The molecule has 32 heavy (non-hydrogen) atoms. The van der Waals surface area contributed by atoms with Crippen molar-refractivity contribution in [1.82, 2.24) is 10.2 Å². The highest BCUT2D eigenvalue weighted by atomic mass is 16.5. The number of fused-ring (bicyclic) bond motifs is 3. The van der Waals surface area contributed by atoms with Crippen molar-refractivity contribution in [3.05, 3.63) is 59.7 Å². The van der Waals surface area contributed by atoms with E-state index in [9.17, 15) is 14.4 Å². The molecule has 1 aliphatic rings. The first-order chi connectivity index (χ1) is 15.2. The Morgan fingerprint density at radius 1 is 1.09 bits per heavy atom. The van der Waals surface area contributed by atoms with Crippen LogP contribution < -0.4 is 5.32 Å². The van der Waals surface area contributed by atoms with Gasteiger partial charge in [0, 0.05) is 12.5 Å². The lowest BCUT2D eigenvalue weighted by Crippen LogP contribution is -2.48. The Balaban J connectivity index is 1.60. The topological polar surface area (TPSA) is 95.9 Å². The molecule has 0 radical (unpaired) electrons. The zero-order valence-corrected chi connectivity index (χ0v) is 18.1. The van der Waals surface area contributed by atoms with E-state index < -0.39 is 29.9 Å². The standard InChI is InChI=1S/C25H26N2O5/c1-4-13-27(14-22(28)29)23(30)25(2,3)16-26-24(31)32-15-21-19-11-7-5-9-17(19)18-10-6-8-12-20(18)21/h1,5-12,21H,13-16H2,2-3H3,(H,26,31)(H,28,29). The van der Waals surface area contributed by atoms with Crippen molar-refractivity contribution in [2.75, 3.05) is 26.2 Å². The fraction of sp³-hybridized carbons (Fsp3) is 0.320. The number of nitrogens with one attached hydrogen (secondary N) is 1. The van der Waals surface area contributed by atoms with Gasteiger partial charge < -0.3 is 20.1 Å². The van der Waals surface area contributed by atoms with Crippen LogP contribution in [0.4, 0.5) is 4.79 Å². The summed E-state index contributed by atoms with van der Waals surface area (Å²) in [7, 11) is 0. The first kappa shape index (κ1) is 22.9. The van der Waals surface area contributed by atoms with Gasteiger partial charge >= 0.3 is 12.1 Å². The van der Waals surface area contributed by atoms with E-state index in [0.717, 1.165) is 27.2 Å². The van der Waals surface area contributed by atoms with Crippen LogP contribution in [0, 0.1) is 17.8 Å². The highest BCUT2D eigenvalue weighted by molar-refractivity contribution is 5.86. The lowest BCUT2D eigenvalue weighted by molar-refractivity contribution is -0.148. The molecule has 0 aliphatic heterocycles. The van der Waals surface area contributed by atoms with Crippen LogP contribution in [0.1, 0.15) is 30.9 Å². The van der Waals surface area contributed by atoms with Crippen molar-refractivity contribution in [2.45, 2.75) is 19.8 Å². The second-order valence-electron chi connectivity index (χ2n) is 8.32. The number of rotatable bonds is 8. The smallest absolute Gasteiger partial charge is 0.407 e. The monoisotopic (exact) mass is 434 g/mol. The summed E-state index contributed by atoms with van der Waals surface area (Å²) in [5.74, 6) is 0.604. The SMILES string of the molecule is C#CCN(CC(=O)O)C(=O)C(C)(C)CNC(=O)OCC1c2ccccc2-c2ccccc21. The van der Waals surface area contributed by atoms with Gasteiger partial charge in [-0.15, -0.1) is 6.42 Å². The van der Waals surface area contributed by atoms with Crippen LogP contribution in [0.25, 0.3) is 11.1 Å². The predicted molar refractivity (Wildman–Crippen MR) is 120 cm³/mol. The number of terminal acetylenes is 1. The Hall–Kier alpha value is -3.79. The highest BCUT2D eigenvalue weighted by Crippen LogP contribution is 2.44. The van der Waals surface area contributed by atoms with Crippen LogP contribution in [-0.4, -0.2) is 54.2 Å². The molecule has 0 spiro atoms. The lowest BCUT2D eigenvalue weighted by Gasteiger charge is -2.30. The van der Waals surface area contributed by atoms with Crippen LogP contribution in [0.3, 0.4) is 0 Å². The van der Waals surface area contributed by atoms with Crippen LogP contribution in [-0.2, 0) is 14.3 Å². The summed E-state index contributed by atoms with van der Waals surface area (Å²) in [6.07, 6.45) is 4.61. The maximum atomic E-state index is 12.7. The van der Waals surface area contributed by atoms with Gasteiger partial charge in [-0.2, -0.15) is 0 Å². The molecule has 0 fully saturated rings. The molecule has 7 nitrogen and oxygen atoms in total. The summed E-state index contributed by atoms with van der Waals surface area (Å²) in [6, 6.07) is 16.1. The second kappa shape index (κ2) is 9.56. The largest absolute Gasteiger partial charge is 0.480 e. The predicted octanol–water partition coefficient (Wildman–Crippen LogP) is 3.10. The summed E-state index contributed by atoms with van der Waals surface area (Å²) in [5, 5.41) is 11.6. The molecule has 1 aliphatic carbocycles. The quantitative estimate of drug-likeness (QED) is 0.623. The van der Waals surface area contributed by atoms with Crippen molar-refractivity contribution in [3.63, 3.8) is 0 Å². The maximum absolute atomic E-state index is 12.7. The minimum Gasteiger partial charge on any atom is -0.480 e. The molecule has 0 saturated carbocycles. The van der Waals surface area contributed by atoms with Crippen LogP contribution >= 0.6 is 0 Å². The third-order valence-electron chi connectivity index (χ3n) is 5.49. The van der Waals surface area contributed by atoms with Crippen molar-refractivity contribution < 1.29 is 24.2 Å². The average molecular weight is 434 g/mol. The number of carbonyl (C=O) groups is 3. The Morgan fingerprint density at radius 2 is 1.66 bits per heavy atom. The number of carbonyl (C=O) groups excluding carboxylic acids is 2. The fourth-order valence-electron chi connectivity index (χ4n) is 3.92. The van der Waals surface area contributed by atoms with Crippen LogP contribution in [0.5, 0.6) is 0 Å². The minimum absolute atomic E-state index is 0.0246. The molecule has 0 bridgehead atoms. The molecule has 0 atom stereocenters. The highest BCUT2D eigenvalue weighted by Gasteiger charge is 2.34. The van der Waals surface area contributed by atoms with Gasteiger partial charge in [0.05, 0.1) is 12.0 Å². The molecule has 0 heterocycles. The average Bonchev–Trinajstić information content (AvgIpc) is 3.09. The van der Waals surface area contributed by atoms with Gasteiger partial charge in [-0.3, -0.25) is 9.59 Å². The van der Waals surface area contributed by atoms with Crippen molar-refractivity contribution in [3.8, 4) is 23.5 Å². The number of benzene rings is 2. The van der Waals surface area contributed by atoms with E-state index in [1.54, 1.807) is 13.8 Å². The number of amides is 2. The summed E-state index contributed by atoms with van der Waals surface area (Å²) >= 11 is 0. The van der Waals surface area contributed by atoms with Gasteiger partial charge in [-0.25, -0.2) is 4.79 Å². The molecular formula is C25H26N2O5. The Labute approximate surface area is 187 Å².